The first-order valence-corrected chi connectivity index (χ1v) is 5.70. The summed E-state index contributed by atoms with van der Waals surface area (Å²) in [6.07, 6.45) is 2.41. The number of hydrogen-bond acceptors (Lipinski definition) is 2. The fraction of sp³-hybridized carbons (Fsp3) is 0.462. The van der Waals surface area contributed by atoms with Crippen molar-refractivity contribution in [1.82, 2.24) is 0 Å². The molecule has 2 rings (SSSR count). The lowest BCUT2D eigenvalue weighted by Gasteiger charge is -2.20. The van der Waals surface area contributed by atoms with Crippen molar-refractivity contribution in [2.24, 2.45) is 0 Å². The predicted octanol–water partition coefficient (Wildman–Crippen LogP) is 2.38. The number of carbonyl (C=O) groups is 1. The van der Waals surface area contributed by atoms with Crippen LogP contribution in [0.4, 0.5) is 8.78 Å². The van der Waals surface area contributed by atoms with Crippen LogP contribution in [0.3, 0.4) is 0 Å². The van der Waals surface area contributed by atoms with Crippen LogP contribution >= 0.6 is 0 Å². The van der Waals surface area contributed by atoms with Crippen LogP contribution in [-0.2, 0) is 11.2 Å². The maximum Gasteiger partial charge on any atom is 0.168 e. The summed E-state index contributed by atoms with van der Waals surface area (Å²) in [6.45, 7) is 0. The molecule has 1 aliphatic rings. The Kier molecular flexibility index (Phi) is 3.24. The second kappa shape index (κ2) is 4.53. The summed E-state index contributed by atoms with van der Waals surface area (Å²) in [5, 5.41) is 10.0. The maximum absolute atomic E-state index is 12.9. The van der Waals surface area contributed by atoms with Gasteiger partial charge in [0.15, 0.2) is 5.78 Å². The minimum absolute atomic E-state index is 0.120. The summed E-state index contributed by atoms with van der Waals surface area (Å²) >= 11 is 0. The SMILES string of the molecule is O=C(Cc1cc(F)cc(F)c1)C1(O)CCCC1. The normalized spacial score (nSPS) is 18.3. The van der Waals surface area contributed by atoms with Gasteiger partial charge in [-0.25, -0.2) is 8.78 Å². The van der Waals surface area contributed by atoms with Crippen LogP contribution in [0.1, 0.15) is 31.2 Å². The molecule has 4 heteroatoms. The van der Waals surface area contributed by atoms with Crippen molar-refractivity contribution in [3.05, 3.63) is 35.4 Å². The van der Waals surface area contributed by atoms with Gasteiger partial charge >= 0.3 is 0 Å². The summed E-state index contributed by atoms with van der Waals surface area (Å²) in [5.74, 6) is -1.75. The molecule has 0 aliphatic heterocycles. The van der Waals surface area contributed by atoms with Crippen LogP contribution in [0.25, 0.3) is 0 Å². The Balaban J connectivity index is 2.12. The quantitative estimate of drug-likeness (QED) is 0.880. The lowest BCUT2D eigenvalue weighted by molar-refractivity contribution is -0.136. The van der Waals surface area contributed by atoms with Gasteiger partial charge in [-0.05, 0) is 43.4 Å². The highest BCUT2D eigenvalue weighted by atomic mass is 19.1. The number of aliphatic hydroxyl groups is 1. The van der Waals surface area contributed by atoms with Gasteiger partial charge in [-0.2, -0.15) is 0 Å². The molecule has 0 amide bonds. The molecule has 0 atom stereocenters. The van der Waals surface area contributed by atoms with Crippen LogP contribution in [0.2, 0.25) is 0 Å². The fourth-order valence-electron chi connectivity index (χ4n) is 2.30. The third-order valence-electron chi connectivity index (χ3n) is 3.24. The highest BCUT2D eigenvalue weighted by molar-refractivity contribution is 5.89. The number of Topliss-reactive ketones (excluding diaryl/α,β-unsaturated/α-hetero) is 1. The molecule has 0 spiro atoms. The van der Waals surface area contributed by atoms with E-state index in [-0.39, 0.29) is 17.8 Å². The van der Waals surface area contributed by atoms with Crippen molar-refractivity contribution in [2.45, 2.75) is 37.7 Å². The molecule has 1 fully saturated rings. The molecule has 1 aliphatic carbocycles. The molecule has 2 nitrogen and oxygen atoms in total. The van der Waals surface area contributed by atoms with Crippen molar-refractivity contribution in [3.63, 3.8) is 0 Å². The molecule has 0 aromatic heterocycles. The third kappa shape index (κ3) is 2.69. The molecule has 1 N–H and O–H groups in total. The molecule has 1 aromatic carbocycles. The minimum Gasteiger partial charge on any atom is -0.382 e. The molecule has 0 bridgehead atoms. The fourth-order valence-corrected chi connectivity index (χ4v) is 2.30. The Bertz CT molecular complexity index is 417. The zero-order valence-corrected chi connectivity index (χ0v) is 9.38. The van der Waals surface area contributed by atoms with Gasteiger partial charge in [0.05, 0.1) is 0 Å². The van der Waals surface area contributed by atoms with Gasteiger partial charge in [-0.3, -0.25) is 4.79 Å². The van der Waals surface area contributed by atoms with Gasteiger partial charge in [0.1, 0.15) is 17.2 Å². The molecule has 1 saturated carbocycles. The predicted molar refractivity (Wildman–Crippen MR) is 58.5 cm³/mol. The second-order valence-electron chi connectivity index (χ2n) is 4.62. The Hall–Kier alpha value is -1.29. The molecule has 0 unspecified atom stereocenters. The van der Waals surface area contributed by atoms with E-state index >= 15 is 0 Å². The first kappa shape index (κ1) is 12.2. The smallest absolute Gasteiger partial charge is 0.168 e. The lowest BCUT2D eigenvalue weighted by atomic mass is 9.92. The van der Waals surface area contributed by atoms with E-state index < -0.39 is 17.2 Å². The average Bonchev–Trinajstić information content (AvgIpc) is 2.64. The van der Waals surface area contributed by atoms with Crippen LogP contribution < -0.4 is 0 Å². The Labute approximate surface area is 98.3 Å². The first-order valence-electron chi connectivity index (χ1n) is 5.70. The minimum atomic E-state index is -1.29. The van der Waals surface area contributed by atoms with E-state index in [0.29, 0.717) is 12.8 Å². The van der Waals surface area contributed by atoms with E-state index in [4.69, 9.17) is 0 Å². The second-order valence-corrected chi connectivity index (χ2v) is 4.62. The topological polar surface area (TPSA) is 37.3 Å². The van der Waals surface area contributed by atoms with Crippen LogP contribution in [0.5, 0.6) is 0 Å². The van der Waals surface area contributed by atoms with E-state index in [1.54, 1.807) is 0 Å². The lowest BCUT2D eigenvalue weighted by Crippen LogP contribution is -2.36. The van der Waals surface area contributed by atoms with Gasteiger partial charge in [-0.1, -0.05) is 0 Å². The van der Waals surface area contributed by atoms with Gasteiger partial charge in [-0.15, -0.1) is 0 Å². The molecular weight excluding hydrogens is 226 g/mol. The molecule has 0 heterocycles. The summed E-state index contributed by atoms with van der Waals surface area (Å²) in [5.41, 5.74) is -1.02. The zero-order chi connectivity index (χ0) is 12.5. The Morgan fingerprint density at radius 3 is 2.24 bits per heavy atom. The van der Waals surface area contributed by atoms with Crippen LogP contribution in [0, 0.1) is 11.6 Å². The van der Waals surface area contributed by atoms with Gasteiger partial charge in [0, 0.05) is 12.5 Å². The zero-order valence-electron chi connectivity index (χ0n) is 9.38. The van der Waals surface area contributed by atoms with Gasteiger partial charge < -0.3 is 5.11 Å². The average molecular weight is 240 g/mol. The molecule has 0 saturated heterocycles. The summed E-state index contributed by atoms with van der Waals surface area (Å²) in [6, 6.07) is 3.01. The van der Waals surface area contributed by atoms with Crippen molar-refractivity contribution in [1.29, 1.82) is 0 Å². The highest BCUT2D eigenvalue weighted by Crippen LogP contribution is 2.31. The van der Waals surface area contributed by atoms with Crippen molar-refractivity contribution in [2.75, 3.05) is 0 Å². The first-order chi connectivity index (χ1) is 7.99. The van der Waals surface area contributed by atoms with Gasteiger partial charge in [0.25, 0.3) is 0 Å². The van der Waals surface area contributed by atoms with Crippen LogP contribution in [0.15, 0.2) is 18.2 Å². The summed E-state index contributed by atoms with van der Waals surface area (Å²) in [7, 11) is 0. The van der Waals surface area contributed by atoms with E-state index in [2.05, 4.69) is 0 Å². The Morgan fingerprint density at radius 2 is 1.71 bits per heavy atom. The largest absolute Gasteiger partial charge is 0.382 e. The molecule has 17 heavy (non-hydrogen) atoms. The number of hydrogen-bond donors (Lipinski definition) is 1. The monoisotopic (exact) mass is 240 g/mol. The number of ketones is 1. The molecule has 1 aromatic rings. The molecule has 92 valence electrons. The standard InChI is InChI=1S/C13H14F2O2/c14-10-5-9(6-11(15)8-10)7-12(16)13(17)3-1-2-4-13/h5-6,8,17H,1-4,7H2. The number of carbonyl (C=O) groups excluding carboxylic acids is 1. The van der Waals surface area contributed by atoms with Crippen molar-refractivity contribution >= 4 is 5.78 Å². The van der Waals surface area contributed by atoms with Crippen molar-refractivity contribution < 1.29 is 18.7 Å². The Morgan fingerprint density at radius 1 is 1.18 bits per heavy atom. The number of rotatable bonds is 3. The molecular formula is C13H14F2O2. The third-order valence-corrected chi connectivity index (χ3v) is 3.24. The van der Waals surface area contributed by atoms with Crippen molar-refractivity contribution in [3.8, 4) is 0 Å². The van der Waals surface area contributed by atoms with Crippen LogP contribution in [-0.4, -0.2) is 16.5 Å². The highest BCUT2D eigenvalue weighted by Gasteiger charge is 2.38. The van der Waals surface area contributed by atoms with E-state index in [1.807, 2.05) is 0 Å². The van der Waals surface area contributed by atoms with E-state index in [1.165, 1.54) is 0 Å². The molecule has 0 radical (unpaired) electrons. The summed E-state index contributed by atoms with van der Waals surface area (Å²) < 4.78 is 25.9. The maximum atomic E-state index is 12.9. The number of halogens is 2. The number of benzene rings is 1. The van der Waals surface area contributed by atoms with E-state index in [9.17, 15) is 18.7 Å². The van der Waals surface area contributed by atoms with Gasteiger partial charge in [0.2, 0.25) is 0 Å². The summed E-state index contributed by atoms with van der Waals surface area (Å²) in [4.78, 5) is 11.9. The van der Waals surface area contributed by atoms with E-state index in [0.717, 1.165) is 31.0 Å².